The molecular weight excluding hydrogens is 254 g/mol. The van der Waals surface area contributed by atoms with E-state index in [0.29, 0.717) is 25.3 Å². The summed E-state index contributed by atoms with van der Waals surface area (Å²) in [4.78, 5) is 18.8. The Hall–Kier alpha value is -1.62. The second kappa shape index (κ2) is 5.79. The van der Waals surface area contributed by atoms with Crippen molar-refractivity contribution in [3.05, 3.63) is 23.5 Å². The van der Waals surface area contributed by atoms with Crippen LogP contribution in [0.5, 0.6) is 0 Å². The number of nitrogens with one attached hydrogen (secondary N) is 1. The van der Waals surface area contributed by atoms with E-state index < -0.39 is 0 Å². The highest BCUT2D eigenvalue weighted by Crippen LogP contribution is 2.22. The average molecular weight is 277 g/mol. The Bertz CT molecular complexity index is 500. The van der Waals surface area contributed by atoms with E-state index in [-0.39, 0.29) is 11.5 Å². The van der Waals surface area contributed by atoms with Crippen molar-refractivity contribution < 1.29 is 9.53 Å². The van der Waals surface area contributed by atoms with Gasteiger partial charge in [0.25, 0.3) is 5.91 Å². The molecule has 1 aliphatic heterocycles. The average Bonchev–Trinajstić information content (AvgIpc) is 2.37. The van der Waals surface area contributed by atoms with Crippen LogP contribution in [0.3, 0.4) is 0 Å². The minimum absolute atomic E-state index is 0.0184. The Morgan fingerprint density at radius 3 is 2.95 bits per heavy atom. The molecule has 1 saturated heterocycles. The number of anilines is 1. The molecule has 5 heteroatoms. The third-order valence-corrected chi connectivity index (χ3v) is 3.35. The van der Waals surface area contributed by atoms with Gasteiger partial charge >= 0.3 is 0 Å². The van der Waals surface area contributed by atoms with E-state index in [1.54, 1.807) is 6.20 Å². The molecule has 1 N–H and O–H groups in total. The molecule has 1 amide bonds. The number of nitrogens with zero attached hydrogens (tertiary/aromatic N) is 2. The highest BCUT2D eigenvalue weighted by Gasteiger charge is 2.31. The van der Waals surface area contributed by atoms with Gasteiger partial charge in [-0.25, -0.2) is 0 Å². The molecule has 5 nitrogen and oxygen atoms in total. The fourth-order valence-electron chi connectivity index (χ4n) is 2.43. The molecule has 0 saturated carbocycles. The lowest BCUT2D eigenvalue weighted by molar-refractivity contribution is -0.0763. The standard InChI is InChI=1S/C15H23N3O2/c1-5-16-13-8-11(2)17-9-12(13)14(19)18-6-7-20-15(3,4)10-18/h8-9H,5-7,10H2,1-4H3,(H,16,17). The van der Waals surface area contributed by atoms with E-state index in [0.717, 1.165) is 17.9 Å². The summed E-state index contributed by atoms with van der Waals surface area (Å²) in [7, 11) is 0. The first-order valence-corrected chi connectivity index (χ1v) is 7.07. The molecule has 1 fully saturated rings. The second-order valence-corrected chi connectivity index (χ2v) is 5.74. The lowest BCUT2D eigenvalue weighted by Crippen LogP contribution is -2.50. The molecule has 1 aromatic heterocycles. The molecule has 0 bridgehead atoms. The van der Waals surface area contributed by atoms with Gasteiger partial charge in [0.15, 0.2) is 0 Å². The molecule has 1 aromatic rings. The van der Waals surface area contributed by atoms with Crippen LogP contribution >= 0.6 is 0 Å². The van der Waals surface area contributed by atoms with Crippen LogP contribution in [-0.4, -0.2) is 47.6 Å². The van der Waals surface area contributed by atoms with Crippen LogP contribution in [0.1, 0.15) is 36.8 Å². The van der Waals surface area contributed by atoms with E-state index in [1.807, 2.05) is 38.7 Å². The summed E-state index contributed by atoms with van der Waals surface area (Å²) < 4.78 is 5.65. The number of ether oxygens (including phenoxy) is 1. The van der Waals surface area contributed by atoms with Crippen LogP contribution in [0.15, 0.2) is 12.3 Å². The van der Waals surface area contributed by atoms with E-state index in [2.05, 4.69) is 10.3 Å². The number of amides is 1. The Kier molecular flexibility index (Phi) is 4.28. The van der Waals surface area contributed by atoms with Gasteiger partial charge < -0.3 is 15.0 Å². The fourth-order valence-corrected chi connectivity index (χ4v) is 2.43. The maximum atomic E-state index is 12.7. The van der Waals surface area contributed by atoms with E-state index in [9.17, 15) is 4.79 Å². The van der Waals surface area contributed by atoms with Gasteiger partial charge in [-0.05, 0) is 33.8 Å². The van der Waals surface area contributed by atoms with Gasteiger partial charge in [-0.1, -0.05) is 0 Å². The van der Waals surface area contributed by atoms with Crippen molar-refractivity contribution >= 4 is 11.6 Å². The van der Waals surface area contributed by atoms with Gasteiger partial charge in [0, 0.05) is 31.5 Å². The van der Waals surface area contributed by atoms with Gasteiger partial charge in [0.2, 0.25) is 0 Å². The van der Waals surface area contributed by atoms with Crippen molar-refractivity contribution in [2.75, 3.05) is 31.6 Å². The molecule has 0 unspecified atom stereocenters. The fraction of sp³-hybridized carbons (Fsp3) is 0.600. The van der Waals surface area contributed by atoms with Gasteiger partial charge in [0.1, 0.15) is 0 Å². The topological polar surface area (TPSA) is 54.5 Å². The smallest absolute Gasteiger partial charge is 0.257 e. The van der Waals surface area contributed by atoms with Crippen molar-refractivity contribution in [1.82, 2.24) is 9.88 Å². The number of hydrogen-bond donors (Lipinski definition) is 1. The van der Waals surface area contributed by atoms with Crippen molar-refractivity contribution in [2.45, 2.75) is 33.3 Å². The Labute approximate surface area is 120 Å². The zero-order valence-electron chi connectivity index (χ0n) is 12.7. The predicted octanol–water partition coefficient (Wildman–Crippen LogP) is 2.07. The van der Waals surface area contributed by atoms with Crippen LogP contribution in [-0.2, 0) is 4.74 Å². The molecule has 2 heterocycles. The summed E-state index contributed by atoms with van der Waals surface area (Å²) in [6, 6.07) is 1.92. The van der Waals surface area contributed by atoms with Crippen molar-refractivity contribution in [3.8, 4) is 0 Å². The normalized spacial score (nSPS) is 17.9. The Morgan fingerprint density at radius 2 is 2.30 bits per heavy atom. The number of hydrogen-bond acceptors (Lipinski definition) is 4. The second-order valence-electron chi connectivity index (χ2n) is 5.74. The van der Waals surface area contributed by atoms with Crippen LogP contribution < -0.4 is 5.32 Å². The summed E-state index contributed by atoms with van der Waals surface area (Å²) in [5.41, 5.74) is 2.11. The molecule has 0 atom stereocenters. The first-order chi connectivity index (χ1) is 9.43. The summed E-state index contributed by atoms with van der Waals surface area (Å²) in [6.45, 7) is 10.5. The number of morpholine rings is 1. The number of aromatic nitrogens is 1. The minimum Gasteiger partial charge on any atom is -0.385 e. The van der Waals surface area contributed by atoms with E-state index >= 15 is 0 Å². The summed E-state index contributed by atoms with van der Waals surface area (Å²) >= 11 is 0. The lowest BCUT2D eigenvalue weighted by atomic mass is 10.1. The Morgan fingerprint density at radius 1 is 1.55 bits per heavy atom. The molecule has 1 aliphatic rings. The number of pyridine rings is 1. The van der Waals surface area contributed by atoms with Gasteiger partial charge in [-0.15, -0.1) is 0 Å². The molecule has 110 valence electrons. The summed E-state index contributed by atoms with van der Waals surface area (Å²) in [5, 5.41) is 3.24. The third-order valence-electron chi connectivity index (χ3n) is 3.35. The highest BCUT2D eigenvalue weighted by molar-refractivity contribution is 5.99. The Balaban J connectivity index is 2.24. The van der Waals surface area contributed by atoms with Crippen LogP contribution in [0, 0.1) is 6.92 Å². The van der Waals surface area contributed by atoms with Gasteiger partial charge in [0.05, 0.1) is 23.5 Å². The molecular formula is C15H23N3O2. The predicted molar refractivity (Wildman–Crippen MR) is 79.1 cm³/mol. The molecule has 20 heavy (non-hydrogen) atoms. The lowest BCUT2D eigenvalue weighted by Gasteiger charge is -2.38. The van der Waals surface area contributed by atoms with Gasteiger partial charge in [-0.2, -0.15) is 0 Å². The van der Waals surface area contributed by atoms with Crippen molar-refractivity contribution in [1.29, 1.82) is 0 Å². The minimum atomic E-state index is -0.287. The molecule has 2 rings (SSSR count). The first kappa shape index (κ1) is 14.8. The molecule has 0 radical (unpaired) electrons. The van der Waals surface area contributed by atoms with E-state index in [4.69, 9.17) is 4.74 Å². The number of aryl methyl sites for hydroxylation is 1. The van der Waals surface area contributed by atoms with Crippen molar-refractivity contribution in [2.24, 2.45) is 0 Å². The summed E-state index contributed by atoms with van der Waals surface area (Å²) in [5.74, 6) is 0.0184. The SMILES string of the molecule is CCNc1cc(C)ncc1C(=O)N1CCOC(C)(C)C1. The van der Waals surface area contributed by atoms with Gasteiger partial charge in [-0.3, -0.25) is 9.78 Å². The van der Waals surface area contributed by atoms with Crippen LogP contribution in [0.25, 0.3) is 0 Å². The maximum absolute atomic E-state index is 12.7. The zero-order chi connectivity index (χ0) is 14.8. The molecule has 0 spiro atoms. The summed E-state index contributed by atoms with van der Waals surface area (Å²) in [6.07, 6.45) is 1.66. The number of rotatable bonds is 3. The monoisotopic (exact) mass is 277 g/mol. The van der Waals surface area contributed by atoms with Crippen molar-refractivity contribution in [3.63, 3.8) is 0 Å². The number of carbonyl (C=O) groups is 1. The maximum Gasteiger partial charge on any atom is 0.257 e. The van der Waals surface area contributed by atoms with E-state index in [1.165, 1.54) is 0 Å². The molecule has 0 aliphatic carbocycles. The first-order valence-electron chi connectivity index (χ1n) is 7.07. The largest absolute Gasteiger partial charge is 0.385 e. The molecule has 0 aromatic carbocycles. The quantitative estimate of drug-likeness (QED) is 0.919. The van der Waals surface area contributed by atoms with Crippen LogP contribution in [0.4, 0.5) is 5.69 Å². The zero-order valence-corrected chi connectivity index (χ0v) is 12.7. The number of carbonyl (C=O) groups excluding carboxylic acids is 1. The van der Waals surface area contributed by atoms with Crippen LogP contribution in [0.2, 0.25) is 0 Å². The third kappa shape index (κ3) is 3.28. The highest BCUT2D eigenvalue weighted by atomic mass is 16.5.